The van der Waals surface area contributed by atoms with E-state index in [2.05, 4.69) is 36.7 Å². The molecule has 2 rings (SSSR count). The van der Waals surface area contributed by atoms with Crippen molar-refractivity contribution in [2.45, 2.75) is 33.2 Å². The Hall–Kier alpha value is -1.77. The van der Waals surface area contributed by atoms with Gasteiger partial charge in [0.25, 0.3) is 0 Å². The standard InChI is InChI=1S/C14H17NO2/c1-3-15-9-11(7-8-13(16)17)12-6-4-5-10(2)14(12)15/h4-6,9H,3,7-8H2,1-2H3,(H,16,17). The van der Waals surface area contributed by atoms with Crippen LogP contribution in [0.4, 0.5) is 0 Å². The fourth-order valence-electron chi connectivity index (χ4n) is 2.31. The monoisotopic (exact) mass is 231 g/mol. The highest BCUT2D eigenvalue weighted by Crippen LogP contribution is 2.25. The molecule has 0 saturated carbocycles. The summed E-state index contributed by atoms with van der Waals surface area (Å²) in [5.41, 5.74) is 3.61. The highest BCUT2D eigenvalue weighted by molar-refractivity contribution is 5.87. The molecule has 0 aliphatic carbocycles. The average molecular weight is 231 g/mol. The number of rotatable bonds is 4. The predicted molar refractivity (Wildman–Crippen MR) is 68.3 cm³/mol. The number of aryl methyl sites for hydroxylation is 3. The molecule has 1 N–H and O–H groups in total. The van der Waals surface area contributed by atoms with Crippen LogP contribution in [0.1, 0.15) is 24.5 Å². The summed E-state index contributed by atoms with van der Waals surface area (Å²) in [4.78, 5) is 10.6. The zero-order chi connectivity index (χ0) is 12.4. The second kappa shape index (κ2) is 4.62. The Kier molecular flexibility index (Phi) is 3.18. The molecule has 3 nitrogen and oxygen atoms in total. The topological polar surface area (TPSA) is 42.2 Å². The number of para-hydroxylation sites is 1. The molecule has 2 aromatic rings. The molecule has 0 amide bonds. The number of aliphatic carboxylic acids is 1. The van der Waals surface area contributed by atoms with Crippen molar-refractivity contribution in [3.8, 4) is 0 Å². The zero-order valence-electron chi connectivity index (χ0n) is 10.2. The average Bonchev–Trinajstić information content (AvgIpc) is 2.66. The van der Waals surface area contributed by atoms with E-state index in [0.717, 1.165) is 12.1 Å². The highest BCUT2D eigenvalue weighted by Gasteiger charge is 2.10. The van der Waals surface area contributed by atoms with Crippen LogP contribution in [0, 0.1) is 6.92 Å². The van der Waals surface area contributed by atoms with E-state index < -0.39 is 5.97 Å². The maximum atomic E-state index is 10.6. The van der Waals surface area contributed by atoms with Crippen molar-refractivity contribution in [1.29, 1.82) is 0 Å². The number of hydrogen-bond acceptors (Lipinski definition) is 1. The molecule has 0 radical (unpaired) electrons. The number of carbonyl (C=O) groups is 1. The second-order valence-electron chi connectivity index (χ2n) is 4.31. The van der Waals surface area contributed by atoms with E-state index in [1.54, 1.807) is 0 Å². The summed E-state index contributed by atoms with van der Waals surface area (Å²) < 4.78 is 2.20. The molecule has 3 heteroatoms. The van der Waals surface area contributed by atoms with Crippen LogP contribution in [-0.4, -0.2) is 15.6 Å². The van der Waals surface area contributed by atoms with E-state index in [1.807, 2.05) is 6.07 Å². The highest BCUT2D eigenvalue weighted by atomic mass is 16.4. The Bertz CT molecular complexity index is 555. The normalized spacial score (nSPS) is 10.9. The Morgan fingerprint density at radius 3 is 2.82 bits per heavy atom. The third-order valence-corrected chi connectivity index (χ3v) is 3.13. The van der Waals surface area contributed by atoms with E-state index in [9.17, 15) is 4.79 Å². The number of hydrogen-bond donors (Lipinski definition) is 1. The molecule has 0 atom stereocenters. The van der Waals surface area contributed by atoms with Gasteiger partial charge in [-0.05, 0) is 31.4 Å². The Morgan fingerprint density at radius 1 is 1.41 bits per heavy atom. The first-order chi connectivity index (χ1) is 8.13. The van der Waals surface area contributed by atoms with E-state index >= 15 is 0 Å². The van der Waals surface area contributed by atoms with Crippen molar-refractivity contribution >= 4 is 16.9 Å². The molecular formula is C14H17NO2. The molecule has 0 unspecified atom stereocenters. The minimum Gasteiger partial charge on any atom is -0.481 e. The van der Waals surface area contributed by atoms with Gasteiger partial charge in [-0.1, -0.05) is 18.2 Å². The van der Waals surface area contributed by atoms with Gasteiger partial charge in [-0.25, -0.2) is 0 Å². The van der Waals surface area contributed by atoms with E-state index in [4.69, 9.17) is 5.11 Å². The number of fused-ring (bicyclic) bond motifs is 1. The quantitative estimate of drug-likeness (QED) is 0.879. The van der Waals surface area contributed by atoms with Gasteiger partial charge in [-0.15, -0.1) is 0 Å². The van der Waals surface area contributed by atoms with Gasteiger partial charge < -0.3 is 9.67 Å². The summed E-state index contributed by atoms with van der Waals surface area (Å²) >= 11 is 0. The molecule has 1 aromatic heterocycles. The van der Waals surface area contributed by atoms with Gasteiger partial charge in [0.1, 0.15) is 0 Å². The fourth-order valence-corrected chi connectivity index (χ4v) is 2.31. The lowest BCUT2D eigenvalue weighted by molar-refractivity contribution is -0.136. The van der Waals surface area contributed by atoms with Crippen LogP contribution in [0.2, 0.25) is 0 Å². The molecule has 1 aromatic carbocycles. The van der Waals surface area contributed by atoms with Crippen molar-refractivity contribution in [2.24, 2.45) is 0 Å². The first-order valence-corrected chi connectivity index (χ1v) is 5.92. The van der Waals surface area contributed by atoms with Gasteiger partial charge in [0, 0.05) is 24.5 Å². The van der Waals surface area contributed by atoms with Gasteiger partial charge in [-0.3, -0.25) is 4.79 Å². The molecule has 0 saturated heterocycles. The molecular weight excluding hydrogens is 214 g/mol. The van der Waals surface area contributed by atoms with Crippen LogP contribution >= 0.6 is 0 Å². The largest absolute Gasteiger partial charge is 0.481 e. The molecule has 90 valence electrons. The van der Waals surface area contributed by atoms with Gasteiger partial charge in [-0.2, -0.15) is 0 Å². The Balaban J connectivity index is 2.50. The number of carboxylic acid groups (broad SMARTS) is 1. The molecule has 1 heterocycles. The number of aromatic nitrogens is 1. The predicted octanol–water partition coefficient (Wildman–Crippen LogP) is 2.99. The van der Waals surface area contributed by atoms with Crippen molar-refractivity contribution in [3.63, 3.8) is 0 Å². The minimum absolute atomic E-state index is 0.191. The maximum Gasteiger partial charge on any atom is 0.303 e. The summed E-state index contributed by atoms with van der Waals surface area (Å²) in [6.45, 7) is 5.11. The lowest BCUT2D eigenvalue weighted by Crippen LogP contribution is -1.97. The molecule has 0 bridgehead atoms. The van der Waals surface area contributed by atoms with E-state index in [1.165, 1.54) is 16.5 Å². The van der Waals surface area contributed by atoms with Gasteiger partial charge in [0.2, 0.25) is 0 Å². The lowest BCUT2D eigenvalue weighted by Gasteiger charge is -2.03. The number of nitrogens with zero attached hydrogens (tertiary/aromatic N) is 1. The fraction of sp³-hybridized carbons (Fsp3) is 0.357. The second-order valence-corrected chi connectivity index (χ2v) is 4.31. The summed E-state index contributed by atoms with van der Waals surface area (Å²) in [7, 11) is 0. The van der Waals surface area contributed by atoms with Gasteiger partial charge in [0.05, 0.1) is 5.52 Å². The van der Waals surface area contributed by atoms with Crippen LogP contribution in [-0.2, 0) is 17.8 Å². The molecule has 0 fully saturated rings. The molecule has 0 aliphatic rings. The van der Waals surface area contributed by atoms with Crippen molar-refractivity contribution in [3.05, 3.63) is 35.5 Å². The smallest absolute Gasteiger partial charge is 0.303 e. The summed E-state index contributed by atoms with van der Waals surface area (Å²) in [6.07, 6.45) is 2.87. The first-order valence-electron chi connectivity index (χ1n) is 5.92. The van der Waals surface area contributed by atoms with Gasteiger partial charge in [0.15, 0.2) is 0 Å². The first kappa shape index (κ1) is 11.7. The van der Waals surface area contributed by atoms with Crippen molar-refractivity contribution < 1.29 is 9.90 Å². The lowest BCUT2D eigenvalue weighted by atomic mass is 10.1. The van der Waals surface area contributed by atoms with Crippen LogP contribution in [0.5, 0.6) is 0 Å². The van der Waals surface area contributed by atoms with Crippen LogP contribution in [0.3, 0.4) is 0 Å². The zero-order valence-corrected chi connectivity index (χ0v) is 10.2. The van der Waals surface area contributed by atoms with E-state index in [-0.39, 0.29) is 6.42 Å². The third kappa shape index (κ3) is 2.18. The Morgan fingerprint density at radius 2 is 2.18 bits per heavy atom. The Labute approximate surface area is 101 Å². The minimum atomic E-state index is -0.741. The van der Waals surface area contributed by atoms with Crippen molar-refractivity contribution in [1.82, 2.24) is 4.57 Å². The van der Waals surface area contributed by atoms with Gasteiger partial charge >= 0.3 is 5.97 Å². The maximum absolute atomic E-state index is 10.6. The van der Waals surface area contributed by atoms with E-state index in [0.29, 0.717) is 6.42 Å². The summed E-state index contributed by atoms with van der Waals surface area (Å²) in [5.74, 6) is -0.741. The van der Waals surface area contributed by atoms with Crippen LogP contribution < -0.4 is 0 Å². The SMILES string of the molecule is CCn1cc(CCC(=O)O)c2cccc(C)c21. The number of carboxylic acids is 1. The summed E-state index contributed by atoms with van der Waals surface area (Å²) in [5, 5.41) is 9.95. The molecule has 17 heavy (non-hydrogen) atoms. The molecule has 0 aliphatic heterocycles. The van der Waals surface area contributed by atoms with Crippen molar-refractivity contribution in [2.75, 3.05) is 0 Å². The summed E-state index contributed by atoms with van der Waals surface area (Å²) in [6, 6.07) is 6.20. The van der Waals surface area contributed by atoms with Crippen LogP contribution in [0.25, 0.3) is 10.9 Å². The number of benzene rings is 1. The van der Waals surface area contributed by atoms with Crippen LogP contribution in [0.15, 0.2) is 24.4 Å². The third-order valence-electron chi connectivity index (χ3n) is 3.13. The molecule has 0 spiro atoms.